The van der Waals surface area contributed by atoms with E-state index >= 15 is 0 Å². The van der Waals surface area contributed by atoms with Gasteiger partial charge in [-0.05, 0) is 47.8 Å². The van der Waals surface area contributed by atoms with E-state index in [1.165, 1.54) is 18.4 Å². The standard InChI is InChI=1S/C28H38O2/c1-6-27(5,7-2)20-21-30-28(8-3,9-4)25-18-16-24(17-19-25)26(22-29)23-14-12-10-11-13-15-23/h10,12-19H,6-9,11,20-21H2,1-5H3. The molecule has 0 aromatic heterocycles. The largest absolute Gasteiger partial charge is 0.370 e. The molecule has 0 bridgehead atoms. The molecule has 0 aliphatic heterocycles. The van der Waals surface area contributed by atoms with Crippen LogP contribution < -0.4 is 0 Å². The molecule has 0 saturated carbocycles. The molecule has 2 heteroatoms. The summed E-state index contributed by atoms with van der Waals surface area (Å²) >= 11 is 0. The smallest absolute Gasteiger partial charge is 0.133 e. The molecule has 0 atom stereocenters. The number of hydrogen-bond acceptors (Lipinski definition) is 2. The van der Waals surface area contributed by atoms with E-state index in [4.69, 9.17) is 4.74 Å². The van der Waals surface area contributed by atoms with Crippen molar-refractivity contribution in [2.75, 3.05) is 6.61 Å². The Balaban J connectivity index is 2.23. The molecule has 0 fully saturated rings. The number of carbonyl (C=O) groups excluding carboxylic acids is 1. The van der Waals surface area contributed by atoms with Crippen LogP contribution in [0.25, 0.3) is 5.57 Å². The van der Waals surface area contributed by atoms with Crippen molar-refractivity contribution in [3.05, 3.63) is 71.3 Å². The Morgan fingerprint density at radius 3 is 2.23 bits per heavy atom. The first-order valence-corrected chi connectivity index (χ1v) is 11.5. The van der Waals surface area contributed by atoms with Gasteiger partial charge in [0.25, 0.3) is 0 Å². The average molecular weight is 407 g/mol. The SMILES string of the molecule is CCC(C)(CC)CCOC(CC)(CC)c1ccc(C(=C=O)C2=CC=CCC=C2)cc1. The monoisotopic (exact) mass is 406 g/mol. The molecular formula is C28H38O2. The zero-order valence-corrected chi connectivity index (χ0v) is 19.5. The fraction of sp³-hybridized carbons (Fsp3) is 0.500. The van der Waals surface area contributed by atoms with Gasteiger partial charge in [-0.1, -0.05) is 102 Å². The second-order valence-corrected chi connectivity index (χ2v) is 8.56. The molecule has 0 heterocycles. The van der Waals surface area contributed by atoms with Gasteiger partial charge in [-0.15, -0.1) is 0 Å². The molecule has 1 aromatic rings. The van der Waals surface area contributed by atoms with E-state index in [0.29, 0.717) is 11.0 Å². The highest BCUT2D eigenvalue weighted by Crippen LogP contribution is 2.37. The normalized spacial score (nSPS) is 14.2. The Kier molecular flexibility index (Phi) is 9.08. The summed E-state index contributed by atoms with van der Waals surface area (Å²) in [6.45, 7) is 12.0. The van der Waals surface area contributed by atoms with E-state index in [2.05, 4.69) is 64.8 Å². The lowest BCUT2D eigenvalue weighted by atomic mass is 9.81. The van der Waals surface area contributed by atoms with Gasteiger partial charge in [0.15, 0.2) is 0 Å². The van der Waals surface area contributed by atoms with Crippen LogP contribution >= 0.6 is 0 Å². The number of rotatable bonds is 11. The predicted octanol–water partition coefficient (Wildman–Crippen LogP) is 7.59. The van der Waals surface area contributed by atoms with Crippen molar-refractivity contribution in [1.82, 2.24) is 0 Å². The van der Waals surface area contributed by atoms with Gasteiger partial charge in [-0.3, -0.25) is 0 Å². The van der Waals surface area contributed by atoms with Crippen LogP contribution in [0.15, 0.2) is 60.2 Å². The van der Waals surface area contributed by atoms with E-state index in [9.17, 15) is 4.79 Å². The van der Waals surface area contributed by atoms with Crippen LogP contribution in [-0.2, 0) is 15.1 Å². The van der Waals surface area contributed by atoms with Gasteiger partial charge in [0.1, 0.15) is 5.94 Å². The Bertz CT molecular complexity index is 809. The molecule has 0 amide bonds. The third-order valence-electron chi connectivity index (χ3n) is 7.01. The number of allylic oxidation sites excluding steroid dienone is 7. The van der Waals surface area contributed by atoms with Crippen molar-refractivity contribution >= 4 is 11.5 Å². The van der Waals surface area contributed by atoms with Crippen LogP contribution in [0.5, 0.6) is 0 Å². The van der Waals surface area contributed by atoms with Crippen molar-refractivity contribution in [1.29, 1.82) is 0 Å². The van der Waals surface area contributed by atoms with Crippen molar-refractivity contribution in [3.63, 3.8) is 0 Å². The van der Waals surface area contributed by atoms with Crippen LogP contribution in [0.1, 0.15) is 84.3 Å². The van der Waals surface area contributed by atoms with E-state index in [-0.39, 0.29) is 5.60 Å². The maximum Gasteiger partial charge on any atom is 0.133 e. The minimum atomic E-state index is -0.282. The van der Waals surface area contributed by atoms with Crippen LogP contribution in [0.2, 0.25) is 0 Å². The van der Waals surface area contributed by atoms with Crippen LogP contribution in [-0.4, -0.2) is 12.5 Å². The molecule has 0 unspecified atom stereocenters. The molecule has 1 aromatic carbocycles. The minimum Gasteiger partial charge on any atom is -0.370 e. The summed E-state index contributed by atoms with van der Waals surface area (Å²) in [5.41, 5.74) is 3.64. The predicted molar refractivity (Wildman–Crippen MR) is 128 cm³/mol. The molecule has 0 saturated heterocycles. The highest BCUT2D eigenvalue weighted by Gasteiger charge is 2.30. The maximum absolute atomic E-state index is 11.7. The van der Waals surface area contributed by atoms with E-state index in [0.717, 1.165) is 43.4 Å². The third kappa shape index (κ3) is 5.72. The lowest BCUT2D eigenvalue weighted by Crippen LogP contribution is -2.30. The molecule has 0 N–H and O–H groups in total. The summed E-state index contributed by atoms with van der Waals surface area (Å²) in [5.74, 6) is 2.15. The summed E-state index contributed by atoms with van der Waals surface area (Å²) in [6, 6.07) is 8.31. The summed E-state index contributed by atoms with van der Waals surface area (Å²) in [5, 5.41) is 0. The molecule has 162 valence electrons. The van der Waals surface area contributed by atoms with Gasteiger partial charge in [0, 0.05) is 6.61 Å². The highest BCUT2D eigenvalue weighted by atomic mass is 16.5. The van der Waals surface area contributed by atoms with Crippen LogP contribution in [0.3, 0.4) is 0 Å². The Labute approximate surface area is 183 Å². The van der Waals surface area contributed by atoms with Crippen molar-refractivity contribution in [2.45, 2.75) is 78.7 Å². The summed E-state index contributed by atoms with van der Waals surface area (Å²) in [6.07, 6.45) is 16.3. The van der Waals surface area contributed by atoms with E-state index in [1.54, 1.807) is 0 Å². The van der Waals surface area contributed by atoms with Crippen molar-refractivity contribution in [2.24, 2.45) is 5.41 Å². The summed E-state index contributed by atoms with van der Waals surface area (Å²) in [7, 11) is 0. The zero-order chi connectivity index (χ0) is 22.0. The molecule has 30 heavy (non-hydrogen) atoms. The second-order valence-electron chi connectivity index (χ2n) is 8.56. The molecule has 0 radical (unpaired) electrons. The van der Waals surface area contributed by atoms with Gasteiger partial charge < -0.3 is 4.74 Å². The first kappa shape index (κ1) is 24.1. The fourth-order valence-electron chi connectivity index (χ4n) is 4.01. The van der Waals surface area contributed by atoms with Crippen LogP contribution in [0, 0.1) is 5.41 Å². The quantitative estimate of drug-likeness (QED) is 0.354. The summed E-state index contributed by atoms with van der Waals surface area (Å²) in [4.78, 5) is 11.7. The Hall–Kier alpha value is -2.15. The van der Waals surface area contributed by atoms with Gasteiger partial charge in [-0.2, -0.15) is 0 Å². The highest BCUT2D eigenvalue weighted by molar-refractivity contribution is 5.98. The maximum atomic E-state index is 11.7. The van der Waals surface area contributed by atoms with Gasteiger partial charge in [-0.25, -0.2) is 4.79 Å². The summed E-state index contributed by atoms with van der Waals surface area (Å²) < 4.78 is 6.56. The fourth-order valence-corrected chi connectivity index (χ4v) is 4.01. The van der Waals surface area contributed by atoms with Gasteiger partial charge in [0.2, 0.25) is 0 Å². The molecule has 2 rings (SSSR count). The van der Waals surface area contributed by atoms with Gasteiger partial charge in [0.05, 0.1) is 11.2 Å². The van der Waals surface area contributed by atoms with Gasteiger partial charge >= 0.3 is 0 Å². The molecule has 0 spiro atoms. The third-order valence-corrected chi connectivity index (χ3v) is 7.01. The Morgan fingerprint density at radius 1 is 1.00 bits per heavy atom. The molecular weight excluding hydrogens is 368 g/mol. The number of benzene rings is 1. The Morgan fingerprint density at radius 2 is 1.67 bits per heavy atom. The first-order valence-electron chi connectivity index (χ1n) is 11.5. The second kappa shape index (κ2) is 11.3. The molecule has 2 nitrogen and oxygen atoms in total. The first-order chi connectivity index (χ1) is 14.5. The topological polar surface area (TPSA) is 26.3 Å². The molecule has 1 aliphatic rings. The van der Waals surface area contributed by atoms with Crippen molar-refractivity contribution in [3.8, 4) is 0 Å². The van der Waals surface area contributed by atoms with Crippen LogP contribution in [0.4, 0.5) is 0 Å². The van der Waals surface area contributed by atoms with E-state index < -0.39 is 0 Å². The van der Waals surface area contributed by atoms with Crippen molar-refractivity contribution < 1.29 is 9.53 Å². The van der Waals surface area contributed by atoms with E-state index in [1.807, 2.05) is 30.4 Å². The minimum absolute atomic E-state index is 0.282. The average Bonchev–Trinajstić information content (AvgIpc) is 3.07. The lowest BCUT2D eigenvalue weighted by molar-refractivity contribution is -0.0674. The zero-order valence-electron chi connectivity index (χ0n) is 19.5. The molecule has 1 aliphatic carbocycles. The number of hydrogen-bond donors (Lipinski definition) is 0. The number of ether oxygens (including phenoxy) is 1. The lowest BCUT2D eigenvalue weighted by Gasteiger charge is -2.35.